The summed E-state index contributed by atoms with van der Waals surface area (Å²) in [5.74, 6) is 0. The molecule has 0 fully saturated rings. The largest absolute Gasteiger partial charge is 0.344 e. The van der Waals surface area contributed by atoms with Gasteiger partial charge in [-0.2, -0.15) is 0 Å². The molecule has 2 rings (SSSR count). The smallest absolute Gasteiger partial charge is 0.0648 e. The first-order chi connectivity index (χ1) is 8.31. The number of hydrogen-bond donors (Lipinski definition) is 1. The Labute approximate surface area is 103 Å². The summed E-state index contributed by atoms with van der Waals surface area (Å²) in [5.41, 5.74) is 3.69. The molecule has 0 aromatic carbocycles. The first-order valence-electron chi connectivity index (χ1n) is 6.06. The molecule has 3 heteroatoms. The fraction of sp³-hybridized carbons (Fsp3) is 0.357. The summed E-state index contributed by atoms with van der Waals surface area (Å²) in [7, 11) is 0. The molecule has 0 unspecified atom stereocenters. The summed E-state index contributed by atoms with van der Waals surface area (Å²) in [6, 6.07) is 8.33. The lowest BCUT2D eigenvalue weighted by Crippen LogP contribution is -2.16. The van der Waals surface area contributed by atoms with E-state index in [2.05, 4.69) is 53.1 Å². The van der Waals surface area contributed by atoms with E-state index in [0.717, 1.165) is 25.3 Å². The van der Waals surface area contributed by atoms with Gasteiger partial charge in [0.2, 0.25) is 0 Å². The molecule has 0 amide bonds. The molecule has 90 valence electrons. The second-order valence-electron chi connectivity index (χ2n) is 4.17. The number of nitrogens with one attached hydrogen (secondary N) is 1. The summed E-state index contributed by atoms with van der Waals surface area (Å²) in [4.78, 5) is 4.43. The second kappa shape index (κ2) is 5.64. The molecule has 0 saturated carbocycles. The Balaban J connectivity index is 2.13. The fourth-order valence-electron chi connectivity index (χ4n) is 1.86. The topological polar surface area (TPSA) is 29.9 Å². The van der Waals surface area contributed by atoms with Crippen LogP contribution >= 0.6 is 0 Å². The van der Waals surface area contributed by atoms with E-state index in [9.17, 15) is 0 Å². The number of rotatable bonds is 5. The Hall–Kier alpha value is -1.61. The normalized spacial score (nSPS) is 10.7. The van der Waals surface area contributed by atoms with Gasteiger partial charge in [0.15, 0.2) is 0 Å². The van der Waals surface area contributed by atoms with E-state index in [0.29, 0.717) is 0 Å². The highest BCUT2D eigenvalue weighted by Crippen LogP contribution is 2.09. The molecule has 0 aliphatic heterocycles. The molecule has 0 saturated heterocycles. The van der Waals surface area contributed by atoms with Gasteiger partial charge < -0.3 is 9.88 Å². The third-order valence-corrected chi connectivity index (χ3v) is 2.92. The number of aromatic nitrogens is 2. The van der Waals surface area contributed by atoms with Crippen molar-refractivity contribution in [3.8, 4) is 0 Å². The number of nitrogens with zero attached hydrogens (tertiary/aromatic N) is 2. The zero-order valence-corrected chi connectivity index (χ0v) is 10.5. The first kappa shape index (κ1) is 11.9. The number of aryl methyl sites for hydroxylation is 1. The van der Waals surface area contributed by atoms with Gasteiger partial charge in [0.05, 0.1) is 12.2 Å². The van der Waals surface area contributed by atoms with E-state index in [1.807, 2.05) is 12.3 Å². The Morgan fingerprint density at radius 3 is 2.94 bits per heavy atom. The van der Waals surface area contributed by atoms with E-state index in [1.165, 1.54) is 11.3 Å². The van der Waals surface area contributed by atoms with Gasteiger partial charge in [-0.25, -0.2) is 0 Å². The van der Waals surface area contributed by atoms with E-state index in [-0.39, 0.29) is 0 Å². The predicted octanol–water partition coefficient (Wildman–Crippen LogP) is 2.35. The van der Waals surface area contributed by atoms with Crippen LogP contribution in [-0.4, -0.2) is 16.1 Å². The Bertz CT molecular complexity index is 474. The fourth-order valence-corrected chi connectivity index (χ4v) is 1.86. The minimum absolute atomic E-state index is 0.848. The summed E-state index contributed by atoms with van der Waals surface area (Å²) in [6.45, 7) is 6.98. The standard InChI is InChI=1S/C14H19N3/c1-3-15-10-13-7-5-9-17(13)11-14-12(2)6-4-8-16-14/h4-9,15H,3,10-11H2,1-2H3. The van der Waals surface area contributed by atoms with Crippen molar-refractivity contribution in [2.45, 2.75) is 26.9 Å². The van der Waals surface area contributed by atoms with Gasteiger partial charge >= 0.3 is 0 Å². The van der Waals surface area contributed by atoms with Crippen molar-refractivity contribution in [1.82, 2.24) is 14.9 Å². The minimum Gasteiger partial charge on any atom is -0.344 e. The van der Waals surface area contributed by atoms with Crippen molar-refractivity contribution in [3.05, 3.63) is 53.6 Å². The predicted molar refractivity (Wildman–Crippen MR) is 69.9 cm³/mol. The highest BCUT2D eigenvalue weighted by atomic mass is 15.0. The zero-order chi connectivity index (χ0) is 12.1. The maximum absolute atomic E-state index is 4.43. The highest BCUT2D eigenvalue weighted by Gasteiger charge is 2.03. The molecule has 2 aromatic heterocycles. The lowest BCUT2D eigenvalue weighted by Gasteiger charge is -2.10. The molecule has 0 radical (unpaired) electrons. The van der Waals surface area contributed by atoms with Crippen molar-refractivity contribution >= 4 is 0 Å². The molecular formula is C14H19N3. The molecule has 2 aromatic rings. The van der Waals surface area contributed by atoms with Gasteiger partial charge in [-0.15, -0.1) is 0 Å². The van der Waals surface area contributed by atoms with Crippen LogP contribution in [0.1, 0.15) is 23.9 Å². The van der Waals surface area contributed by atoms with Crippen molar-refractivity contribution < 1.29 is 0 Å². The Morgan fingerprint density at radius 2 is 2.18 bits per heavy atom. The molecule has 3 nitrogen and oxygen atoms in total. The Kier molecular flexibility index (Phi) is 3.94. The van der Waals surface area contributed by atoms with E-state index in [4.69, 9.17) is 0 Å². The van der Waals surface area contributed by atoms with Gasteiger partial charge in [0.1, 0.15) is 0 Å². The average molecular weight is 229 g/mol. The highest BCUT2D eigenvalue weighted by molar-refractivity contribution is 5.19. The quantitative estimate of drug-likeness (QED) is 0.853. The van der Waals surface area contributed by atoms with Crippen molar-refractivity contribution in [2.24, 2.45) is 0 Å². The third-order valence-electron chi connectivity index (χ3n) is 2.92. The zero-order valence-electron chi connectivity index (χ0n) is 10.5. The van der Waals surface area contributed by atoms with Gasteiger partial charge in [0.25, 0.3) is 0 Å². The van der Waals surface area contributed by atoms with Crippen LogP contribution in [0, 0.1) is 6.92 Å². The maximum Gasteiger partial charge on any atom is 0.0648 e. The average Bonchev–Trinajstić information content (AvgIpc) is 2.77. The van der Waals surface area contributed by atoms with Gasteiger partial charge in [-0.3, -0.25) is 4.98 Å². The molecule has 0 aliphatic carbocycles. The second-order valence-corrected chi connectivity index (χ2v) is 4.17. The van der Waals surface area contributed by atoms with Crippen molar-refractivity contribution in [2.75, 3.05) is 6.54 Å². The minimum atomic E-state index is 0.848. The van der Waals surface area contributed by atoms with E-state index >= 15 is 0 Å². The van der Waals surface area contributed by atoms with E-state index < -0.39 is 0 Å². The molecule has 0 spiro atoms. The lowest BCUT2D eigenvalue weighted by atomic mass is 10.2. The van der Waals surface area contributed by atoms with Crippen LogP contribution in [0.5, 0.6) is 0 Å². The SMILES string of the molecule is CCNCc1cccn1Cc1ncccc1C. The van der Waals surface area contributed by atoms with Crippen molar-refractivity contribution in [1.29, 1.82) is 0 Å². The first-order valence-corrected chi connectivity index (χ1v) is 6.06. The summed E-state index contributed by atoms with van der Waals surface area (Å²) in [6.07, 6.45) is 3.97. The summed E-state index contributed by atoms with van der Waals surface area (Å²) >= 11 is 0. The van der Waals surface area contributed by atoms with Crippen LogP contribution in [0.4, 0.5) is 0 Å². The molecule has 0 aliphatic rings. The number of pyridine rings is 1. The van der Waals surface area contributed by atoms with Gasteiger partial charge in [0, 0.05) is 24.6 Å². The van der Waals surface area contributed by atoms with Gasteiger partial charge in [-0.1, -0.05) is 13.0 Å². The van der Waals surface area contributed by atoms with Crippen LogP contribution in [0.2, 0.25) is 0 Å². The molecule has 17 heavy (non-hydrogen) atoms. The van der Waals surface area contributed by atoms with Crippen LogP contribution in [-0.2, 0) is 13.1 Å². The monoisotopic (exact) mass is 229 g/mol. The van der Waals surface area contributed by atoms with Crippen LogP contribution < -0.4 is 5.32 Å². The maximum atomic E-state index is 4.43. The van der Waals surface area contributed by atoms with Crippen LogP contribution in [0.15, 0.2) is 36.7 Å². The third kappa shape index (κ3) is 2.94. The lowest BCUT2D eigenvalue weighted by molar-refractivity contribution is 0.650. The van der Waals surface area contributed by atoms with Gasteiger partial charge in [-0.05, 0) is 37.2 Å². The molecule has 2 heterocycles. The molecular weight excluding hydrogens is 210 g/mol. The van der Waals surface area contributed by atoms with Crippen molar-refractivity contribution in [3.63, 3.8) is 0 Å². The van der Waals surface area contributed by atoms with E-state index in [1.54, 1.807) is 0 Å². The number of hydrogen-bond acceptors (Lipinski definition) is 2. The van der Waals surface area contributed by atoms with Crippen LogP contribution in [0.25, 0.3) is 0 Å². The van der Waals surface area contributed by atoms with Crippen LogP contribution in [0.3, 0.4) is 0 Å². The summed E-state index contributed by atoms with van der Waals surface area (Å²) in [5, 5.41) is 3.35. The molecule has 0 atom stereocenters. The molecule has 0 bridgehead atoms. The molecule has 1 N–H and O–H groups in total. The summed E-state index contributed by atoms with van der Waals surface area (Å²) < 4.78 is 2.25. The Morgan fingerprint density at radius 1 is 1.29 bits per heavy atom.